The Bertz CT molecular complexity index is 222. The molecule has 0 aliphatic heterocycles. The lowest BCUT2D eigenvalue weighted by Crippen LogP contribution is -2.48. The Morgan fingerprint density at radius 3 is 2.25 bits per heavy atom. The van der Waals surface area contributed by atoms with E-state index in [2.05, 4.69) is 26.1 Å². The van der Waals surface area contributed by atoms with Gasteiger partial charge in [-0.3, -0.25) is 0 Å². The van der Waals surface area contributed by atoms with Crippen molar-refractivity contribution in [2.24, 2.45) is 5.92 Å². The van der Waals surface area contributed by atoms with Crippen molar-refractivity contribution in [3.05, 3.63) is 0 Å². The molecule has 1 aliphatic carbocycles. The van der Waals surface area contributed by atoms with E-state index in [-0.39, 0.29) is 6.03 Å². The summed E-state index contributed by atoms with van der Waals surface area (Å²) in [5.74, 6) is 0.502. The quantitative estimate of drug-likeness (QED) is 0.788. The van der Waals surface area contributed by atoms with Crippen LogP contribution in [0.3, 0.4) is 0 Å². The van der Waals surface area contributed by atoms with Gasteiger partial charge in [0.15, 0.2) is 0 Å². The van der Waals surface area contributed by atoms with Gasteiger partial charge in [0, 0.05) is 19.1 Å². The van der Waals surface area contributed by atoms with Crippen LogP contribution in [0, 0.1) is 5.92 Å². The number of carbonyl (C=O) groups is 1. The van der Waals surface area contributed by atoms with Crippen molar-refractivity contribution in [1.82, 2.24) is 10.2 Å². The van der Waals surface area contributed by atoms with Crippen LogP contribution in [0.25, 0.3) is 0 Å². The minimum absolute atomic E-state index is 0.0908. The van der Waals surface area contributed by atoms with Gasteiger partial charge in [-0.1, -0.05) is 33.1 Å². The monoisotopic (exact) mass is 226 g/mol. The van der Waals surface area contributed by atoms with Crippen LogP contribution in [0.4, 0.5) is 4.79 Å². The highest BCUT2D eigenvalue weighted by Gasteiger charge is 2.21. The van der Waals surface area contributed by atoms with Gasteiger partial charge >= 0.3 is 6.03 Å². The van der Waals surface area contributed by atoms with Crippen molar-refractivity contribution in [2.75, 3.05) is 7.05 Å². The van der Waals surface area contributed by atoms with Crippen molar-refractivity contribution < 1.29 is 4.79 Å². The fourth-order valence-electron chi connectivity index (χ4n) is 2.16. The van der Waals surface area contributed by atoms with Gasteiger partial charge in [-0.05, 0) is 25.7 Å². The Morgan fingerprint density at radius 1 is 1.19 bits per heavy atom. The number of nitrogens with one attached hydrogen (secondary N) is 1. The fourth-order valence-corrected chi connectivity index (χ4v) is 2.16. The zero-order valence-electron chi connectivity index (χ0n) is 11.1. The van der Waals surface area contributed by atoms with Gasteiger partial charge in [0.25, 0.3) is 0 Å². The van der Waals surface area contributed by atoms with E-state index in [4.69, 9.17) is 0 Å². The molecule has 1 rings (SSSR count). The van der Waals surface area contributed by atoms with E-state index in [1.807, 2.05) is 11.9 Å². The molecular weight excluding hydrogens is 200 g/mol. The van der Waals surface area contributed by atoms with Crippen molar-refractivity contribution in [3.8, 4) is 0 Å². The molecule has 0 aromatic carbocycles. The second-order valence-electron chi connectivity index (χ2n) is 5.38. The molecule has 0 aromatic rings. The molecule has 1 N–H and O–H groups in total. The SMILES string of the molecule is CC(C)C(C)N(C)C(=O)NC1CCCCC1. The third-order valence-electron chi connectivity index (χ3n) is 3.83. The van der Waals surface area contributed by atoms with Crippen LogP contribution in [0.1, 0.15) is 52.9 Å². The highest BCUT2D eigenvalue weighted by atomic mass is 16.2. The first kappa shape index (κ1) is 13.3. The van der Waals surface area contributed by atoms with Gasteiger partial charge in [0.05, 0.1) is 0 Å². The molecule has 1 atom stereocenters. The van der Waals surface area contributed by atoms with Gasteiger partial charge in [0.1, 0.15) is 0 Å². The molecule has 0 saturated heterocycles. The largest absolute Gasteiger partial charge is 0.335 e. The topological polar surface area (TPSA) is 32.3 Å². The van der Waals surface area contributed by atoms with Gasteiger partial charge < -0.3 is 10.2 Å². The number of amides is 2. The fraction of sp³-hybridized carbons (Fsp3) is 0.923. The Hall–Kier alpha value is -0.730. The molecule has 94 valence electrons. The molecule has 0 spiro atoms. The van der Waals surface area contributed by atoms with E-state index in [1.54, 1.807) is 0 Å². The Kier molecular flexibility index (Phi) is 5.10. The lowest BCUT2D eigenvalue weighted by molar-refractivity contribution is 0.173. The van der Waals surface area contributed by atoms with E-state index in [0.717, 1.165) is 12.8 Å². The molecule has 16 heavy (non-hydrogen) atoms. The highest BCUT2D eigenvalue weighted by Crippen LogP contribution is 2.18. The minimum Gasteiger partial charge on any atom is -0.335 e. The third kappa shape index (κ3) is 3.69. The Morgan fingerprint density at radius 2 is 1.75 bits per heavy atom. The van der Waals surface area contributed by atoms with Crippen LogP contribution in [-0.4, -0.2) is 30.1 Å². The van der Waals surface area contributed by atoms with Crippen molar-refractivity contribution in [3.63, 3.8) is 0 Å². The van der Waals surface area contributed by atoms with Crippen LogP contribution < -0.4 is 5.32 Å². The van der Waals surface area contributed by atoms with Crippen LogP contribution in [0.15, 0.2) is 0 Å². The number of carbonyl (C=O) groups excluding carboxylic acids is 1. The predicted molar refractivity (Wildman–Crippen MR) is 67.5 cm³/mol. The van der Waals surface area contributed by atoms with Crippen LogP contribution in [0.2, 0.25) is 0 Å². The molecule has 1 saturated carbocycles. The summed E-state index contributed by atoms with van der Waals surface area (Å²) in [7, 11) is 1.89. The van der Waals surface area contributed by atoms with Crippen molar-refractivity contribution in [2.45, 2.75) is 65.0 Å². The smallest absolute Gasteiger partial charge is 0.317 e. The molecule has 0 radical (unpaired) electrons. The normalized spacial score (nSPS) is 19.6. The summed E-state index contributed by atoms with van der Waals surface area (Å²) in [6.45, 7) is 6.40. The van der Waals surface area contributed by atoms with E-state index in [0.29, 0.717) is 18.0 Å². The average molecular weight is 226 g/mol. The predicted octanol–water partition coefficient (Wildman–Crippen LogP) is 3.01. The molecule has 0 bridgehead atoms. The number of rotatable bonds is 3. The summed E-state index contributed by atoms with van der Waals surface area (Å²) in [5, 5.41) is 3.14. The van der Waals surface area contributed by atoms with E-state index in [9.17, 15) is 4.79 Å². The summed E-state index contributed by atoms with van der Waals surface area (Å²) >= 11 is 0. The Balaban J connectivity index is 2.38. The third-order valence-corrected chi connectivity index (χ3v) is 3.83. The second-order valence-corrected chi connectivity index (χ2v) is 5.38. The molecular formula is C13H26N2O. The number of nitrogens with zero attached hydrogens (tertiary/aromatic N) is 1. The first-order valence-electron chi connectivity index (χ1n) is 6.55. The van der Waals surface area contributed by atoms with E-state index in [1.165, 1.54) is 19.3 Å². The Labute approximate surface area is 99.6 Å². The molecule has 3 heteroatoms. The number of urea groups is 1. The molecule has 1 aliphatic rings. The maximum atomic E-state index is 12.0. The highest BCUT2D eigenvalue weighted by molar-refractivity contribution is 5.74. The molecule has 2 amide bonds. The summed E-state index contributed by atoms with van der Waals surface area (Å²) < 4.78 is 0. The van der Waals surface area contributed by atoms with Crippen LogP contribution >= 0.6 is 0 Å². The summed E-state index contributed by atoms with van der Waals surface area (Å²) in [6, 6.07) is 0.791. The van der Waals surface area contributed by atoms with Crippen molar-refractivity contribution >= 4 is 6.03 Å². The van der Waals surface area contributed by atoms with Gasteiger partial charge in [-0.15, -0.1) is 0 Å². The molecule has 0 aromatic heterocycles. The average Bonchev–Trinajstić information content (AvgIpc) is 2.28. The second kappa shape index (κ2) is 6.12. The van der Waals surface area contributed by atoms with Crippen molar-refractivity contribution in [1.29, 1.82) is 0 Å². The lowest BCUT2D eigenvalue weighted by atomic mass is 9.95. The first-order chi connectivity index (χ1) is 7.52. The molecule has 3 nitrogen and oxygen atoms in total. The first-order valence-corrected chi connectivity index (χ1v) is 6.55. The summed E-state index contributed by atoms with van der Waals surface area (Å²) in [4.78, 5) is 13.8. The standard InChI is InChI=1S/C13H26N2O/c1-10(2)11(3)15(4)13(16)14-12-8-6-5-7-9-12/h10-12H,5-9H2,1-4H3,(H,14,16). The van der Waals surface area contributed by atoms with E-state index >= 15 is 0 Å². The molecule has 1 fully saturated rings. The van der Waals surface area contributed by atoms with E-state index < -0.39 is 0 Å². The van der Waals surface area contributed by atoms with Gasteiger partial charge in [-0.2, -0.15) is 0 Å². The maximum absolute atomic E-state index is 12.0. The molecule has 0 heterocycles. The van der Waals surface area contributed by atoms with Gasteiger partial charge in [0.2, 0.25) is 0 Å². The number of hydrogen-bond donors (Lipinski definition) is 1. The summed E-state index contributed by atoms with van der Waals surface area (Å²) in [5.41, 5.74) is 0. The summed E-state index contributed by atoms with van der Waals surface area (Å²) in [6.07, 6.45) is 6.14. The van der Waals surface area contributed by atoms with Gasteiger partial charge in [-0.25, -0.2) is 4.79 Å². The maximum Gasteiger partial charge on any atom is 0.317 e. The van der Waals surface area contributed by atoms with Crippen LogP contribution in [0.5, 0.6) is 0 Å². The number of hydrogen-bond acceptors (Lipinski definition) is 1. The van der Waals surface area contributed by atoms with Crippen LogP contribution in [-0.2, 0) is 0 Å². The lowest BCUT2D eigenvalue weighted by Gasteiger charge is -2.31. The zero-order chi connectivity index (χ0) is 12.1. The molecule has 1 unspecified atom stereocenters. The zero-order valence-corrected chi connectivity index (χ0v) is 11.1. The minimum atomic E-state index is 0.0908.